The lowest BCUT2D eigenvalue weighted by Gasteiger charge is -2.05. The number of carboxylic acids is 1. The standard InChI is InChI=1S/C12H14N2O3/c1-7-5-8(7)6-14-11(15)10-9(12(16)17)3-2-4-13-10/h2-4,7-8H,5-6H2,1H3,(H,14,15)(H,16,17). The molecule has 0 radical (unpaired) electrons. The van der Waals surface area contributed by atoms with Gasteiger partial charge < -0.3 is 10.4 Å². The third kappa shape index (κ3) is 2.61. The topological polar surface area (TPSA) is 79.3 Å². The number of carbonyl (C=O) groups excluding carboxylic acids is 1. The molecular weight excluding hydrogens is 220 g/mol. The van der Waals surface area contributed by atoms with Gasteiger partial charge in [0.1, 0.15) is 5.69 Å². The van der Waals surface area contributed by atoms with Crippen molar-refractivity contribution in [3.63, 3.8) is 0 Å². The number of amides is 1. The van der Waals surface area contributed by atoms with Crippen molar-refractivity contribution < 1.29 is 14.7 Å². The average Bonchev–Trinajstić information content (AvgIpc) is 3.02. The highest BCUT2D eigenvalue weighted by atomic mass is 16.4. The predicted molar refractivity (Wildman–Crippen MR) is 60.8 cm³/mol. The van der Waals surface area contributed by atoms with E-state index in [1.165, 1.54) is 18.3 Å². The Morgan fingerprint density at radius 2 is 2.29 bits per heavy atom. The van der Waals surface area contributed by atoms with Gasteiger partial charge in [-0.2, -0.15) is 0 Å². The lowest BCUT2D eigenvalue weighted by Crippen LogP contribution is -2.28. The zero-order valence-electron chi connectivity index (χ0n) is 9.51. The van der Waals surface area contributed by atoms with Crippen LogP contribution in [0.1, 0.15) is 34.2 Å². The van der Waals surface area contributed by atoms with Crippen LogP contribution in [-0.2, 0) is 0 Å². The van der Waals surface area contributed by atoms with Crippen LogP contribution in [0.2, 0.25) is 0 Å². The first-order valence-corrected chi connectivity index (χ1v) is 5.56. The van der Waals surface area contributed by atoms with Gasteiger partial charge in [-0.3, -0.25) is 9.78 Å². The quantitative estimate of drug-likeness (QED) is 0.819. The highest BCUT2D eigenvalue weighted by Crippen LogP contribution is 2.36. The Morgan fingerprint density at radius 1 is 1.59 bits per heavy atom. The highest BCUT2D eigenvalue weighted by molar-refractivity contribution is 6.03. The maximum atomic E-state index is 11.8. The van der Waals surface area contributed by atoms with Gasteiger partial charge in [-0.25, -0.2) is 4.79 Å². The van der Waals surface area contributed by atoms with E-state index in [0.717, 1.165) is 6.42 Å². The first-order chi connectivity index (χ1) is 8.09. The second-order valence-electron chi connectivity index (χ2n) is 4.39. The number of carbonyl (C=O) groups is 2. The summed E-state index contributed by atoms with van der Waals surface area (Å²) in [5, 5.41) is 11.6. The Labute approximate surface area is 98.9 Å². The zero-order chi connectivity index (χ0) is 12.4. The molecule has 1 aliphatic rings. The van der Waals surface area contributed by atoms with Gasteiger partial charge in [0.2, 0.25) is 0 Å². The molecule has 1 aromatic rings. The Hall–Kier alpha value is -1.91. The molecule has 1 amide bonds. The second kappa shape index (κ2) is 4.53. The number of nitrogens with zero attached hydrogens (tertiary/aromatic N) is 1. The molecule has 0 bridgehead atoms. The third-order valence-corrected chi connectivity index (χ3v) is 3.05. The molecule has 1 fully saturated rings. The van der Waals surface area contributed by atoms with Crippen molar-refractivity contribution in [3.8, 4) is 0 Å². The maximum absolute atomic E-state index is 11.8. The average molecular weight is 234 g/mol. The SMILES string of the molecule is CC1CC1CNC(=O)c1ncccc1C(=O)O. The number of aromatic nitrogens is 1. The van der Waals surface area contributed by atoms with Gasteiger partial charge in [-0.15, -0.1) is 0 Å². The number of hydrogen-bond donors (Lipinski definition) is 2. The molecule has 0 saturated heterocycles. The summed E-state index contributed by atoms with van der Waals surface area (Å²) in [5.74, 6) is -0.376. The summed E-state index contributed by atoms with van der Waals surface area (Å²) in [6.45, 7) is 2.72. The first-order valence-electron chi connectivity index (χ1n) is 5.56. The Bertz CT molecular complexity index is 459. The maximum Gasteiger partial charge on any atom is 0.338 e. The van der Waals surface area contributed by atoms with Gasteiger partial charge in [-0.05, 0) is 30.4 Å². The van der Waals surface area contributed by atoms with E-state index in [0.29, 0.717) is 18.4 Å². The van der Waals surface area contributed by atoms with E-state index in [1.807, 2.05) is 0 Å². The molecule has 2 rings (SSSR count). The fourth-order valence-electron chi connectivity index (χ4n) is 1.75. The van der Waals surface area contributed by atoms with Crippen molar-refractivity contribution in [3.05, 3.63) is 29.6 Å². The van der Waals surface area contributed by atoms with E-state index >= 15 is 0 Å². The Morgan fingerprint density at radius 3 is 2.88 bits per heavy atom. The lowest BCUT2D eigenvalue weighted by atomic mass is 10.2. The molecule has 2 atom stereocenters. The molecule has 1 saturated carbocycles. The van der Waals surface area contributed by atoms with Gasteiger partial charge in [0.05, 0.1) is 5.56 Å². The highest BCUT2D eigenvalue weighted by Gasteiger charge is 2.32. The van der Waals surface area contributed by atoms with Crippen LogP contribution in [0.5, 0.6) is 0 Å². The second-order valence-corrected chi connectivity index (χ2v) is 4.39. The van der Waals surface area contributed by atoms with Crippen LogP contribution in [0.3, 0.4) is 0 Å². The molecule has 90 valence electrons. The van der Waals surface area contributed by atoms with Gasteiger partial charge in [-0.1, -0.05) is 6.92 Å². The Kier molecular flexibility index (Phi) is 3.08. The van der Waals surface area contributed by atoms with Crippen molar-refractivity contribution in [1.82, 2.24) is 10.3 Å². The normalized spacial score (nSPS) is 21.9. The van der Waals surface area contributed by atoms with Crippen molar-refractivity contribution in [2.45, 2.75) is 13.3 Å². The third-order valence-electron chi connectivity index (χ3n) is 3.05. The van der Waals surface area contributed by atoms with E-state index in [1.54, 1.807) is 0 Å². The molecule has 2 unspecified atom stereocenters. The van der Waals surface area contributed by atoms with E-state index in [9.17, 15) is 9.59 Å². The number of carboxylic acid groups (broad SMARTS) is 1. The molecule has 17 heavy (non-hydrogen) atoms. The van der Waals surface area contributed by atoms with E-state index in [-0.39, 0.29) is 11.3 Å². The van der Waals surface area contributed by atoms with Crippen molar-refractivity contribution in [1.29, 1.82) is 0 Å². The molecule has 2 N–H and O–H groups in total. The fraction of sp³-hybridized carbons (Fsp3) is 0.417. The molecule has 0 aromatic carbocycles. The molecule has 1 aromatic heterocycles. The van der Waals surface area contributed by atoms with Crippen molar-refractivity contribution in [2.75, 3.05) is 6.54 Å². The minimum Gasteiger partial charge on any atom is -0.478 e. The summed E-state index contributed by atoms with van der Waals surface area (Å²) in [6, 6.07) is 2.88. The van der Waals surface area contributed by atoms with E-state index < -0.39 is 11.9 Å². The van der Waals surface area contributed by atoms with E-state index in [4.69, 9.17) is 5.11 Å². The fourth-order valence-corrected chi connectivity index (χ4v) is 1.75. The summed E-state index contributed by atoms with van der Waals surface area (Å²) in [6.07, 6.45) is 2.54. The van der Waals surface area contributed by atoms with Crippen molar-refractivity contribution in [2.24, 2.45) is 11.8 Å². The largest absolute Gasteiger partial charge is 0.478 e. The molecule has 1 aliphatic carbocycles. The van der Waals surface area contributed by atoms with Crippen LogP contribution in [0.25, 0.3) is 0 Å². The first kappa shape index (κ1) is 11.6. The number of hydrogen-bond acceptors (Lipinski definition) is 3. The number of nitrogens with one attached hydrogen (secondary N) is 1. The molecule has 0 aliphatic heterocycles. The summed E-state index contributed by atoms with van der Waals surface area (Å²) in [7, 11) is 0. The van der Waals surface area contributed by atoms with Gasteiger partial charge in [0, 0.05) is 12.7 Å². The smallest absolute Gasteiger partial charge is 0.338 e. The summed E-state index contributed by atoms with van der Waals surface area (Å²) in [4.78, 5) is 26.5. The summed E-state index contributed by atoms with van der Waals surface area (Å²) in [5.41, 5.74) is -0.0813. The van der Waals surface area contributed by atoms with Gasteiger partial charge >= 0.3 is 5.97 Å². The predicted octanol–water partition coefficient (Wildman–Crippen LogP) is 1.17. The number of aromatic carboxylic acids is 1. The molecule has 1 heterocycles. The van der Waals surface area contributed by atoms with Crippen molar-refractivity contribution >= 4 is 11.9 Å². The number of pyridine rings is 1. The van der Waals surface area contributed by atoms with Crippen LogP contribution in [0, 0.1) is 11.8 Å². The zero-order valence-corrected chi connectivity index (χ0v) is 9.51. The van der Waals surface area contributed by atoms with Gasteiger partial charge in [0.25, 0.3) is 5.91 Å². The monoisotopic (exact) mass is 234 g/mol. The van der Waals surface area contributed by atoms with Crippen LogP contribution in [0.15, 0.2) is 18.3 Å². The van der Waals surface area contributed by atoms with Crippen LogP contribution in [-0.4, -0.2) is 28.5 Å². The molecule has 5 heteroatoms. The summed E-state index contributed by atoms with van der Waals surface area (Å²) < 4.78 is 0. The minimum absolute atomic E-state index is 0.0201. The van der Waals surface area contributed by atoms with Gasteiger partial charge in [0.15, 0.2) is 0 Å². The lowest BCUT2D eigenvalue weighted by molar-refractivity contribution is 0.0690. The molecule has 5 nitrogen and oxygen atoms in total. The summed E-state index contributed by atoms with van der Waals surface area (Å²) >= 11 is 0. The molecular formula is C12H14N2O3. The van der Waals surface area contributed by atoms with Crippen LogP contribution in [0.4, 0.5) is 0 Å². The molecule has 0 spiro atoms. The number of rotatable bonds is 4. The van der Waals surface area contributed by atoms with Crippen LogP contribution >= 0.6 is 0 Å². The Balaban J connectivity index is 2.05. The van der Waals surface area contributed by atoms with E-state index in [2.05, 4.69) is 17.2 Å². The van der Waals surface area contributed by atoms with Crippen LogP contribution < -0.4 is 5.32 Å². The minimum atomic E-state index is -1.14.